The fraction of sp³-hybridized carbons (Fsp3) is 0.600. The van der Waals surface area contributed by atoms with Crippen molar-refractivity contribution < 1.29 is 21.9 Å². The van der Waals surface area contributed by atoms with Gasteiger partial charge in [0.2, 0.25) is 0 Å². The number of nitrogens with zero attached hydrogens (tertiary/aromatic N) is 2. The molecule has 0 N–H and O–H groups in total. The van der Waals surface area contributed by atoms with Crippen LogP contribution in [0.5, 0.6) is 0 Å². The van der Waals surface area contributed by atoms with Gasteiger partial charge < -0.3 is 9.64 Å². The average molecular weight is 271 g/mol. The van der Waals surface area contributed by atoms with Crippen LogP contribution in [0.1, 0.15) is 57.3 Å². The van der Waals surface area contributed by atoms with Gasteiger partial charge in [-0.05, 0) is 51.0 Å². The van der Waals surface area contributed by atoms with E-state index < -0.39 is 43.3 Å². The van der Waals surface area contributed by atoms with Crippen molar-refractivity contribution in [2.24, 2.45) is 0 Å². The van der Waals surface area contributed by atoms with Crippen molar-refractivity contribution in [2.75, 3.05) is 13.0 Å². The minimum atomic E-state index is -3.43. The standard InChI is InChI=1S/C15H22N2O2/c1-15(2,3)19-14(18)17-9-6-12(7-10-17)13-5-4-8-16-11-13/h4-5,8,11-12H,6-7,9-10H2,1-3H3/i6D2,7D2,9D2,10D2,12D. The van der Waals surface area contributed by atoms with Crippen molar-refractivity contribution in [1.29, 1.82) is 0 Å². The van der Waals surface area contributed by atoms with E-state index in [1.165, 1.54) is 39.1 Å². The molecule has 0 saturated carbocycles. The molecular formula is C15H22N2O2. The summed E-state index contributed by atoms with van der Waals surface area (Å²) in [5.41, 5.74) is -1.52. The maximum Gasteiger partial charge on any atom is 0.410 e. The van der Waals surface area contributed by atoms with Gasteiger partial charge in [0, 0.05) is 37.7 Å². The number of hydrogen-bond donors (Lipinski definition) is 0. The Morgan fingerprint density at radius 1 is 1.53 bits per heavy atom. The lowest BCUT2D eigenvalue weighted by molar-refractivity contribution is 0.0205. The first kappa shape index (κ1) is 6.25. The largest absolute Gasteiger partial charge is 0.444 e. The van der Waals surface area contributed by atoms with E-state index in [1.54, 1.807) is 0 Å². The van der Waals surface area contributed by atoms with Crippen LogP contribution >= 0.6 is 0 Å². The molecule has 104 valence electrons. The van der Waals surface area contributed by atoms with Gasteiger partial charge in [0.1, 0.15) is 5.60 Å². The van der Waals surface area contributed by atoms with Crippen molar-refractivity contribution in [3.63, 3.8) is 0 Å². The van der Waals surface area contributed by atoms with Crippen LogP contribution in [0.4, 0.5) is 4.79 Å². The first-order chi connectivity index (χ1) is 12.4. The van der Waals surface area contributed by atoms with Crippen LogP contribution < -0.4 is 0 Å². The van der Waals surface area contributed by atoms with Gasteiger partial charge in [-0.2, -0.15) is 0 Å². The zero-order valence-electron chi connectivity index (χ0n) is 20.0. The molecule has 4 nitrogen and oxygen atoms in total. The minimum Gasteiger partial charge on any atom is -0.444 e. The van der Waals surface area contributed by atoms with E-state index in [-0.39, 0.29) is 10.5 Å². The summed E-state index contributed by atoms with van der Waals surface area (Å²) in [6, 6.07) is 2.48. The van der Waals surface area contributed by atoms with Gasteiger partial charge in [-0.3, -0.25) is 4.98 Å². The Bertz CT molecular complexity index is 735. The predicted octanol–water partition coefficient (Wildman–Crippen LogP) is 3.20. The van der Waals surface area contributed by atoms with Gasteiger partial charge in [0.15, 0.2) is 0 Å². The molecule has 0 aliphatic carbocycles. The molecule has 1 aromatic rings. The van der Waals surface area contributed by atoms with Crippen LogP contribution in [0.15, 0.2) is 24.5 Å². The monoisotopic (exact) mass is 271 g/mol. The summed E-state index contributed by atoms with van der Waals surface area (Å²) in [6.45, 7) is -2.50. The number of pyridine rings is 1. The number of carbonyl (C=O) groups is 1. The van der Waals surface area contributed by atoms with Gasteiger partial charge in [-0.15, -0.1) is 0 Å². The lowest BCUT2D eigenvalue weighted by Crippen LogP contribution is -2.41. The van der Waals surface area contributed by atoms with Gasteiger partial charge >= 0.3 is 6.09 Å². The highest BCUT2D eigenvalue weighted by Crippen LogP contribution is 2.27. The molecule has 0 atom stereocenters. The Hall–Kier alpha value is -1.58. The third kappa shape index (κ3) is 3.94. The molecular weight excluding hydrogens is 240 g/mol. The lowest BCUT2D eigenvalue weighted by Gasteiger charge is -2.33. The molecule has 1 aliphatic heterocycles. The smallest absolute Gasteiger partial charge is 0.410 e. The second-order valence-electron chi connectivity index (χ2n) is 4.91. The van der Waals surface area contributed by atoms with Crippen LogP contribution in [0, 0.1) is 0 Å². The molecule has 2 heterocycles. The Morgan fingerprint density at radius 2 is 2.21 bits per heavy atom. The highest BCUT2D eigenvalue weighted by atomic mass is 16.6. The molecule has 1 fully saturated rings. The molecule has 0 radical (unpaired) electrons. The second kappa shape index (κ2) is 5.59. The number of piperidine rings is 1. The number of aromatic nitrogens is 1. The van der Waals surface area contributed by atoms with Crippen molar-refractivity contribution in [2.45, 2.75) is 45.0 Å². The van der Waals surface area contributed by atoms with Crippen LogP contribution in [0.25, 0.3) is 0 Å². The molecule has 1 amide bonds. The van der Waals surface area contributed by atoms with E-state index in [1.807, 2.05) is 0 Å². The number of carbonyl (C=O) groups excluding carboxylic acids is 1. The third-order valence-electron chi connectivity index (χ3n) is 2.11. The SMILES string of the molecule is [2H]C1([2H])N(C(=O)OC(C)(C)C)C([2H])([2H])C([2H])([2H])C([2H])(c2cccnc2)C1([2H])[2H]. The normalized spacial score (nSPS) is 36.6. The first-order valence-electron chi connectivity index (χ1n) is 10.3. The Labute approximate surface area is 127 Å². The predicted molar refractivity (Wildman–Crippen MR) is 74.0 cm³/mol. The molecule has 1 aromatic heterocycles. The maximum atomic E-state index is 12.6. The fourth-order valence-electron chi connectivity index (χ4n) is 1.34. The molecule has 1 aliphatic rings. The van der Waals surface area contributed by atoms with E-state index in [9.17, 15) is 4.79 Å². The van der Waals surface area contributed by atoms with Crippen LogP contribution in [0.2, 0.25) is 0 Å². The molecule has 0 unspecified atom stereocenters. The number of likely N-dealkylation sites (tertiary alicyclic amines) is 1. The zero-order chi connectivity index (χ0) is 22.0. The average Bonchev–Trinajstić information content (AvgIpc) is 2.50. The van der Waals surface area contributed by atoms with Gasteiger partial charge in [-0.25, -0.2) is 4.79 Å². The topological polar surface area (TPSA) is 42.4 Å². The van der Waals surface area contributed by atoms with Crippen LogP contribution in [0.3, 0.4) is 0 Å². The highest BCUT2D eigenvalue weighted by Gasteiger charge is 2.27. The summed E-state index contributed by atoms with van der Waals surface area (Å²) in [4.78, 5) is 16.1. The molecule has 19 heavy (non-hydrogen) atoms. The quantitative estimate of drug-likeness (QED) is 0.787. The molecule has 1 saturated heterocycles. The summed E-state index contributed by atoms with van der Waals surface area (Å²) < 4.78 is 79.9. The molecule has 0 aromatic carbocycles. The summed E-state index contributed by atoms with van der Waals surface area (Å²) >= 11 is 0. The lowest BCUT2D eigenvalue weighted by atomic mass is 9.91. The fourth-order valence-corrected chi connectivity index (χ4v) is 1.34. The number of hydrogen-bond acceptors (Lipinski definition) is 3. The van der Waals surface area contributed by atoms with E-state index in [0.717, 1.165) is 6.20 Å². The Balaban J connectivity index is 2.79. The van der Waals surface area contributed by atoms with Crippen molar-refractivity contribution in [1.82, 2.24) is 9.88 Å². The van der Waals surface area contributed by atoms with E-state index in [0.29, 0.717) is 0 Å². The van der Waals surface area contributed by atoms with Crippen molar-refractivity contribution in [3.05, 3.63) is 30.1 Å². The number of rotatable bonds is 1. The van der Waals surface area contributed by atoms with Crippen LogP contribution in [-0.2, 0) is 4.74 Å². The first-order valence-corrected chi connectivity index (χ1v) is 5.79. The minimum absolute atomic E-state index is 0.214. The van der Waals surface area contributed by atoms with E-state index in [4.69, 9.17) is 17.1 Å². The van der Waals surface area contributed by atoms with Crippen molar-refractivity contribution >= 4 is 6.09 Å². The second-order valence-corrected chi connectivity index (χ2v) is 4.91. The summed E-state index contributed by atoms with van der Waals surface area (Å²) in [6.07, 6.45) is -6.04. The van der Waals surface area contributed by atoms with Gasteiger partial charge in [0.25, 0.3) is 0 Å². The van der Waals surface area contributed by atoms with Gasteiger partial charge in [-0.1, -0.05) is 6.07 Å². The van der Waals surface area contributed by atoms with E-state index in [2.05, 4.69) is 4.98 Å². The highest BCUT2D eigenvalue weighted by molar-refractivity contribution is 5.68. The summed E-state index contributed by atoms with van der Waals surface area (Å²) in [5, 5.41) is 0. The molecule has 4 heteroatoms. The van der Waals surface area contributed by atoms with E-state index >= 15 is 0 Å². The Morgan fingerprint density at radius 3 is 2.74 bits per heavy atom. The number of ether oxygens (including phenoxy) is 1. The zero-order valence-corrected chi connectivity index (χ0v) is 11.0. The summed E-state index contributed by atoms with van der Waals surface area (Å²) in [7, 11) is 0. The van der Waals surface area contributed by atoms with Crippen molar-refractivity contribution in [3.8, 4) is 0 Å². The number of amides is 1. The van der Waals surface area contributed by atoms with Crippen LogP contribution in [-0.4, -0.2) is 34.6 Å². The Kier molecular flexibility index (Phi) is 1.84. The third-order valence-corrected chi connectivity index (χ3v) is 2.11. The van der Waals surface area contributed by atoms with Gasteiger partial charge in [0.05, 0.1) is 0 Å². The molecule has 2 rings (SSSR count). The maximum absolute atomic E-state index is 12.6. The molecule has 0 spiro atoms. The molecule has 0 bridgehead atoms. The summed E-state index contributed by atoms with van der Waals surface area (Å²) in [5.74, 6) is -3.07.